The van der Waals surface area contributed by atoms with Crippen molar-refractivity contribution in [3.05, 3.63) is 107 Å². The Hall–Kier alpha value is -3.89. The SMILES string of the molecule is N#Cc1ccccc1/C=C/C(=O)N1CCC(N(Cc2ccc(F)cc2)Cc2ccccn2)C(F)C1. The van der Waals surface area contributed by atoms with Gasteiger partial charge in [0, 0.05) is 37.9 Å². The molecule has 1 aliphatic rings. The van der Waals surface area contributed by atoms with Gasteiger partial charge in [0.2, 0.25) is 5.91 Å². The van der Waals surface area contributed by atoms with Crippen LogP contribution in [0.2, 0.25) is 0 Å². The summed E-state index contributed by atoms with van der Waals surface area (Å²) in [7, 11) is 0. The van der Waals surface area contributed by atoms with Crippen LogP contribution in [0.3, 0.4) is 0 Å². The molecule has 1 fully saturated rings. The van der Waals surface area contributed by atoms with E-state index in [0.717, 1.165) is 11.3 Å². The monoisotopic (exact) mass is 472 g/mol. The molecule has 1 aromatic heterocycles. The lowest BCUT2D eigenvalue weighted by Gasteiger charge is -2.40. The Balaban J connectivity index is 1.45. The number of aromatic nitrogens is 1. The number of amides is 1. The number of alkyl halides is 1. The molecule has 4 rings (SSSR count). The first-order valence-corrected chi connectivity index (χ1v) is 11.5. The predicted molar refractivity (Wildman–Crippen MR) is 130 cm³/mol. The Kier molecular flexibility index (Phi) is 7.96. The van der Waals surface area contributed by atoms with Crippen LogP contribution in [0.1, 0.15) is 28.8 Å². The number of carbonyl (C=O) groups excluding carboxylic acids is 1. The minimum absolute atomic E-state index is 0.0180. The molecule has 7 heteroatoms. The number of likely N-dealkylation sites (tertiary alicyclic amines) is 1. The van der Waals surface area contributed by atoms with E-state index in [1.807, 2.05) is 23.1 Å². The third-order valence-corrected chi connectivity index (χ3v) is 6.16. The molecule has 1 amide bonds. The van der Waals surface area contributed by atoms with E-state index in [-0.39, 0.29) is 18.3 Å². The van der Waals surface area contributed by atoms with E-state index >= 15 is 4.39 Å². The molecule has 2 heterocycles. The molecule has 3 aromatic rings. The van der Waals surface area contributed by atoms with E-state index < -0.39 is 12.2 Å². The molecule has 0 spiro atoms. The molecule has 2 aromatic carbocycles. The van der Waals surface area contributed by atoms with Gasteiger partial charge < -0.3 is 4.90 Å². The number of rotatable bonds is 7. The third kappa shape index (κ3) is 6.37. The van der Waals surface area contributed by atoms with E-state index in [9.17, 15) is 14.4 Å². The molecule has 178 valence electrons. The molecular formula is C28H26F2N4O. The van der Waals surface area contributed by atoms with Crippen molar-refractivity contribution in [2.75, 3.05) is 13.1 Å². The number of halogens is 2. The number of piperidine rings is 1. The van der Waals surface area contributed by atoms with Gasteiger partial charge in [0.25, 0.3) is 0 Å². The van der Waals surface area contributed by atoms with Gasteiger partial charge in [0.1, 0.15) is 12.0 Å². The lowest BCUT2D eigenvalue weighted by Crippen LogP contribution is -2.53. The quantitative estimate of drug-likeness (QED) is 0.466. The summed E-state index contributed by atoms with van der Waals surface area (Å²) in [5.74, 6) is -0.598. The van der Waals surface area contributed by atoms with E-state index in [4.69, 9.17) is 0 Å². The molecule has 0 N–H and O–H groups in total. The van der Waals surface area contributed by atoms with E-state index in [0.29, 0.717) is 37.2 Å². The highest BCUT2D eigenvalue weighted by Gasteiger charge is 2.35. The number of carbonyl (C=O) groups is 1. The number of pyridine rings is 1. The number of nitrogens with zero attached hydrogens (tertiary/aromatic N) is 4. The molecule has 0 bridgehead atoms. The van der Waals surface area contributed by atoms with Crippen LogP contribution in [0.5, 0.6) is 0 Å². The van der Waals surface area contributed by atoms with Crippen molar-refractivity contribution in [1.82, 2.24) is 14.8 Å². The van der Waals surface area contributed by atoms with Gasteiger partial charge in [-0.1, -0.05) is 36.4 Å². The van der Waals surface area contributed by atoms with Gasteiger partial charge in [0.15, 0.2) is 0 Å². The highest BCUT2D eigenvalue weighted by molar-refractivity contribution is 5.92. The Morgan fingerprint density at radius 3 is 2.60 bits per heavy atom. The average Bonchev–Trinajstić information content (AvgIpc) is 2.89. The fraction of sp³-hybridized carbons (Fsp3) is 0.250. The molecule has 0 aliphatic carbocycles. The summed E-state index contributed by atoms with van der Waals surface area (Å²) in [6.45, 7) is 1.29. The minimum atomic E-state index is -1.25. The van der Waals surface area contributed by atoms with Crippen LogP contribution < -0.4 is 0 Å². The van der Waals surface area contributed by atoms with Gasteiger partial charge in [-0.25, -0.2) is 8.78 Å². The zero-order chi connectivity index (χ0) is 24.6. The smallest absolute Gasteiger partial charge is 0.246 e. The molecule has 5 nitrogen and oxygen atoms in total. The lowest BCUT2D eigenvalue weighted by atomic mass is 9.99. The number of hydrogen-bond donors (Lipinski definition) is 0. The second-order valence-electron chi connectivity index (χ2n) is 8.54. The van der Waals surface area contributed by atoms with Crippen LogP contribution in [-0.2, 0) is 17.9 Å². The minimum Gasteiger partial charge on any atom is -0.336 e. The Morgan fingerprint density at radius 2 is 1.89 bits per heavy atom. The van der Waals surface area contributed by atoms with Gasteiger partial charge >= 0.3 is 0 Å². The van der Waals surface area contributed by atoms with Gasteiger partial charge in [-0.15, -0.1) is 0 Å². The van der Waals surface area contributed by atoms with Crippen LogP contribution in [-0.4, -0.2) is 46.0 Å². The maximum Gasteiger partial charge on any atom is 0.246 e. The van der Waals surface area contributed by atoms with E-state index in [1.54, 1.807) is 48.7 Å². The fourth-order valence-electron chi connectivity index (χ4n) is 4.33. The van der Waals surface area contributed by atoms with E-state index in [2.05, 4.69) is 11.1 Å². The second-order valence-corrected chi connectivity index (χ2v) is 8.54. The summed E-state index contributed by atoms with van der Waals surface area (Å²) in [4.78, 5) is 20.6. The molecule has 0 radical (unpaired) electrons. The number of nitriles is 1. The van der Waals surface area contributed by atoms with Gasteiger partial charge in [-0.3, -0.25) is 14.7 Å². The van der Waals surface area contributed by atoms with E-state index in [1.165, 1.54) is 23.1 Å². The predicted octanol–water partition coefficient (Wildman–Crippen LogP) is 4.75. The summed E-state index contributed by atoms with van der Waals surface area (Å²) in [5.41, 5.74) is 2.83. The molecule has 1 saturated heterocycles. The van der Waals surface area contributed by atoms with Crippen molar-refractivity contribution in [3.8, 4) is 6.07 Å². The summed E-state index contributed by atoms with van der Waals surface area (Å²) < 4.78 is 28.9. The van der Waals surface area contributed by atoms with Gasteiger partial charge in [-0.2, -0.15) is 5.26 Å². The summed E-state index contributed by atoms with van der Waals surface area (Å²) in [6.07, 6.45) is 3.91. The third-order valence-electron chi connectivity index (χ3n) is 6.16. The Morgan fingerprint density at radius 1 is 1.11 bits per heavy atom. The van der Waals surface area contributed by atoms with Crippen LogP contribution in [0.15, 0.2) is 79.0 Å². The Labute approximate surface area is 203 Å². The molecule has 35 heavy (non-hydrogen) atoms. The average molecular weight is 473 g/mol. The van der Waals surface area contributed by atoms with Gasteiger partial charge in [0.05, 0.1) is 23.9 Å². The van der Waals surface area contributed by atoms with Crippen molar-refractivity contribution in [2.45, 2.75) is 31.7 Å². The topological polar surface area (TPSA) is 60.2 Å². The lowest BCUT2D eigenvalue weighted by molar-refractivity contribution is -0.129. The van der Waals surface area contributed by atoms with Crippen LogP contribution in [0.4, 0.5) is 8.78 Å². The molecular weight excluding hydrogens is 446 g/mol. The van der Waals surface area contributed by atoms with Crippen molar-refractivity contribution in [1.29, 1.82) is 5.26 Å². The molecule has 2 unspecified atom stereocenters. The van der Waals surface area contributed by atoms with Crippen LogP contribution in [0.25, 0.3) is 6.08 Å². The maximum atomic E-state index is 15.5. The number of benzene rings is 2. The Bertz CT molecular complexity index is 1210. The maximum absolute atomic E-state index is 15.5. The summed E-state index contributed by atoms with van der Waals surface area (Å²) in [6, 6.07) is 20.5. The first-order chi connectivity index (χ1) is 17.0. The van der Waals surface area contributed by atoms with Crippen molar-refractivity contribution in [3.63, 3.8) is 0 Å². The zero-order valence-corrected chi connectivity index (χ0v) is 19.2. The first-order valence-electron chi connectivity index (χ1n) is 11.5. The van der Waals surface area contributed by atoms with Crippen molar-refractivity contribution < 1.29 is 13.6 Å². The second kappa shape index (κ2) is 11.5. The standard InChI is InChI=1S/C28H26F2N4O/c29-24-11-8-21(9-12-24)18-34(19-25-7-3-4-15-32-25)27-14-16-33(20-26(27)30)28(35)13-10-22-5-1-2-6-23(22)17-31/h1-13,15,26-27H,14,16,18-20H2/b13-10+. The van der Waals surface area contributed by atoms with Crippen molar-refractivity contribution in [2.24, 2.45) is 0 Å². The highest BCUT2D eigenvalue weighted by atomic mass is 19.1. The molecule has 0 saturated carbocycles. The van der Waals surface area contributed by atoms with Crippen LogP contribution >= 0.6 is 0 Å². The number of hydrogen-bond acceptors (Lipinski definition) is 4. The normalized spacial score (nSPS) is 18.1. The summed E-state index contributed by atoms with van der Waals surface area (Å²) >= 11 is 0. The zero-order valence-electron chi connectivity index (χ0n) is 19.2. The summed E-state index contributed by atoms with van der Waals surface area (Å²) in [5, 5.41) is 9.22. The fourth-order valence-corrected chi connectivity index (χ4v) is 4.33. The largest absolute Gasteiger partial charge is 0.336 e. The highest BCUT2D eigenvalue weighted by Crippen LogP contribution is 2.24. The van der Waals surface area contributed by atoms with Crippen LogP contribution in [0, 0.1) is 17.1 Å². The molecule has 2 atom stereocenters. The van der Waals surface area contributed by atoms with Crippen molar-refractivity contribution >= 4 is 12.0 Å². The van der Waals surface area contributed by atoms with Gasteiger partial charge in [-0.05, 0) is 54.0 Å². The first kappa shape index (κ1) is 24.2. The molecule has 1 aliphatic heterocycles.